The molecular weight excluding hydrogens is 454 g/mol. The second-order valence-electron chi connectivity index (χ2n) is 7.49. The lowest BCUT2D eigenvalue weighted by Gasteiger charge is -2.28. The summed E-state index contributed by atoms with van der Waals surface area (Å²) >= 11 is 0. The standard InChI is InChI=1S/C23H31N7O5.H2/c1-5-33-23(2,34-15-14-32-4)22(31)25-19-13-9-12-18(24-19)16-35-27-20(17-10-7-6-8-11-17)21-26-28-29-30(21)3;/h6-13,28-29H,5,14-16H2,1-4H3,(H,24,25,31);1H/b27-20-;. The molecule has 1 unspecified atom stereocenters. The van der Waals surface area contributed by atoms with Gasteiger partial charge in [-0.15, -0.1) is 10.6 Å². The van der Waals surface area contributed by atoms with Crippen LogP contribution in [0.25, 0.3) is 0 Å². The van der Waals surface area contributed by atoms with Gasteiger partial charge in [0.2, 0.25) is 5.79 Å². The fraction of sp³-hybridized carbons (Fsp3) is 0.391. The minimum atomic E-state index is -1.48. The maximum absolute atomic E-state index is 12.8. The average Bonchev–Trinajstić information content (AvgIpc) is 3.28. The Morgan fingerprint density at radius 2 is 1.97 bits per heavy atom. The molecule has 1 aromatic carbocycles. The van der Waals surface area contributed by atoms with Crippen molar-refractivity contribution >= 4 is 23.3 Å². The number of aromatic nitrogens is 1. The van der Waals surface area contributed by atoms with Crippen LogP contribution in [0.15, 0.2) is 58.8 Å². The fourth-order valence-corrected chi connectivity index (χ4v) is 3.10. The van der Waals surface area contributed by atoms with E-state index in [1.165, 1.54) is 0 Å². The van der Waals surface area contributed by atoms with Crippen LogP contribution in [0.1, 0.15) is 26.5 Å². The van der Waals surface area contributed by atoms with Crippen LogP contribution in [0.2, 0.25) is 0 Å². The van der Waals surface area contributed by atoms with E-state index in [2.05, 4.69) is 31.6 Å². The summed E-state index contributed by atoms with van der Waals surface area (Å²) in [7, 11) is 3.36. The number of amides is 1. The monoisotopic (exact) mass is 487 g/mol. The molecule has 190 valence electrons. The van der Waals surface area contributed by atoms with Crippen molar-refractivity contribution in [3.05, 3.63) is 59.8 Å². The first kappa shape index (κ1) is 26.0. The molecule has 0 fully saturated rings. The first-order chi connectivity index (χ1) is 17.0. The van der Waals surface area contributed by atoms with Gasteiger partial charge >= 0.3 is 0 Å². The van der Waals surface area contributed by atoms with Gasteiger partial charge in [0, 0.05) is 27.8 Å². The summed E-state index contributed by atoms with van der Waals surface area (Å²) in [5.41, 5.74) is 7.48. The first-order valence-corrected chi connectivity index (χ1v) is 11.1. The zero-order valence-corrected chi connectivity index (χ0v) is 20.3. The maximum Gasteiger partial charge on any atom is 0.285 e. The van der Waals surface area contributed by atoms with Crippen LogP contribution in [0.3, 0.4) is 0 Å². The molecule has 0 aliphatic carbocycles. The van der Waals surface area contributed by atoms with E-state index in [1.54, 1.807) is 51.2 Å². The Morgan fingerprint density at radius 3 is 2.66 bits per heavy atom. The molecule has 0 bridgehead atoms. The summed E-state index contributed by atoms with van der Waals surface area (Å²) < 4.78 is 16.1. The van der Waals surface area contributed by atoms with Crippen LogP contribution in [-0.2, 0) is 30.4 Å². The largest absolute Gasteiger partial charge is 0.389 e. The van der Waals surface area contributed by atoms with Crippen molar-refractivity contribution in [1.82, 2.24) is 21.1 Å². The number of methoxy groups -OCH3 is 1. The lowest BCUT2D eigenvalue weighted by atomic mass is 10.1. The van der Waals surface area contributed by atoms with Crippen molar-refractivity contribution in [3.63, 3.8) is 0 Å². The molecular formula is C23H33N7O5. The molecule has 0 saturated carbocycles. The number of nitrogens with zero attached hydrogens (tertiary/aromatic N) is 4. The van der Waals surface area contributed by atoms with Gasteiger partial charge in [0.15, 0.2) is 18.2 Å². The minimum Gasteiger partial charge on any atom is -0.389 e. The molecule has 35 heavy (non-hydrogen) atoms. The van der Waals surface area contributed by atoms with E-state index in [4.69, 9.17) is 19.0 Å². The van der Waals surface area contributed by atoms with E-state index < -0.39 is 11.7 Å². The van der Waals surface area contributed by atoms with Crippen LogP contribution in [0.4, 0.5) is 5.82 Å². The SMILES string of the molecule is CCOC(C)(OCCOC)C(=O)Nc1cccc(CO/N=C(\C2=NNNN2C)c2ccccc2)n1.[HH]. The van der Waals surface area contributed by atoms with E-state index in [0.29, 0.717) is 36.3 Å². The highest BCUT2D eigenvalue weighted by Gasteiger charge is 2.35. The van der Waals surface area contributed by atoms with Crippen molar-refractivity contribution in [3.8, 4) is 0 Å². The average molecular weight is 488 g/mol. The summed E-state index contributed by atoms with van der Waals surface area (Å²) in [4.78, 5) is 22.9. The number of likely N-dealkylation sites (N-methyl/N-ethyl adjacent to an activating group) is 1. The number of oxime groups is 1. The number of hydrogen-bond donors (Lipinski definition) is 3. The molecule has 1 amide bonds. The van der Waals surface area contributed by atoms with Gasteiger partial charge < -0.3 is 24.4 Å². The number of rotatable bonds is 13. The smallest absolute Gasteiger partial charge is 0.285 e. The molecule has 2 aromatic rings. The molecule has 1 aromatic heterocycles. The number of hydrogen-bond acceptors (Lipinski definition) is 11. The van der Waals surface area contributed by atoms with Gasteiger partial charge in [-0.05, 0) is 26.0 Å². The lowest BCUT2D eigenvalue weighted by Crippen LogP contribution is -2.46. The van der Waals surface area contributed by atoms with Gasteiger partial charge in [-0.2, -0.15) is 0 Å². The van der Waals surface area contributed by atoms with Gasteiger partial charge in [-0.1, -0.05) is 41.6 Å². The second-order valence-corrected chi connectivity index (χ2v) is 7.49. The molecule has 0 radical (unpaired) electrons. The minimum absolute atomic E-state index is 0. The number of ether oxygens (including phenoxy) is 3. The maximum atomic E-state index is 12.8. The predicted molar refractivity (Wildman–Crippen MR) is 132 cm³/mol. The summed E-state index contributed by atoms with van der Waals surface area (Å²) in [6, 6.07) is 14.8. The first-order valence-electron chi connectivity index (χ1n) is 11.1. The zero-order valence-electron chi connectivity index (χ0n) is 20.3. The van der Waals surface area contributed by atoms with Gasteiger partial charge in [0.25, 0.3) is 5.91 Å². The Balaban J connectivity index is 0.00000456. The van der Waals surface area contributed by atoms with E-state index >= 15 is 0 Å². The molecule has 2 heterocycles. The van der Waals surface area contributed by atoms with Crippen molar-refractivity contribution in [2.75, 3.05) is 39.3 Å². The summed E-state index contributed by atoms with van der Waals surface area (Å²) in [6.45, 7) is 4.25. The molecule has 3 N–H and O–H groups in total. The Hall–Kier alpha value is -3.58. The molecule has 0 saturated heterocycles. The van der Waals surface area contributed by atoms with Crippen molar-refractivity contribution in [2.45, 2.75) is 26.2 Å². The number of pyridine rings is 1. The lowest BCUT2D eigenvalue weighted by molar-refractivity contribution is -0.219. The number of carbonyl (C=O) groups is 1. The number of carbonyl (C=O) groups excluding carboxylic acids is 1. The fourth-order valence-electron chi connectivity index (χ4n) is 3.10. The third kappa shape index (κ3) is 7.20. The highest BCUT2D eigenvalue weighted by atomic mass is 16.7. The molecule has 3 rings (SSSR count). The summed E-state index contributed by atoms with van der Waals surface area (Å²) in [5.74, 6) is -1.06. The van der Waals surface area contributed by atoms with Gasteiger partial charge in [0.05, 0.1) is 18.9 Å². The molecule has 1 aliphatic heterocycles. The summed E-state index contributed by atoms with van der Waals surface area (Å²) in [6.07, 6.45) is 0. The van der Waals surface area contributed by atoms with Gasteiger partial charge in [-0.25, -0.2) is 10.5 Å². The Morgan fingerprint density at radius 1 is 1.17 bits per heavy atom. The molecule has 12 nitrogen and oxygen atoms in total. The third-order valence-electron chi connectivity index (χ3n) is 4.87. The number of nitrogens with one attached hydrogen (secondary N) is 3. The Bertz CT molecular complexity index is 1040. The number of hydrazone groups is 1. The molecule has 1 aliphatic rings. The van der Waals surface area contributed by atoms with Crippen LogP contribution in [0, 0.1) is 0 Å². The number of benzene rings is 1. The van der Waals surface area contributed by atoms with Gasteiger partial charge in [-0.3, -0.25) is 9.80 Å². The second kappa shape index (κ2) is 12.8. The highest BCUT2D eigenvalue weighted by Crippen LogP contribution is 2.17. The van der Waals surface area contributed by atoms with Crippen molar-refractivity contribution in [1.29, 1.82) is 0 Å². The highest BCUT2D eigenvalue weighted by molar-refractivity contribution is 6.47. The van der Waals surface area contributed by atoms with Gasteiger partial charge in [0.1, 0.15) is 5.82 Å². The van der Waals surface area contributed by atoms with Crippen molar-refractivity contribution < 1.29 is 25.3 Å². The molecule has 0 spiro atoms. The number of anilines is 1. The van der Waals surface area contributed by atoms with Crippen LogP contribution in [-0.4, -0.2) is 67.2 Å². The van der Waals surface area contributed by atoms with Crippen LogP contribution < -0.4 is 16.4 Å². The van der Waals surface area contributed by atoms with Crippen LogP contribution >= 0.6 is 0 Å². The normalized spacial score (nSPS) is 15.3. The Kier molecular flexibility index (Phi) is 9.49. The van der Waals surface area contributed by atoms with E-state index in [1.807, 2.05) is 30.3 Å². The quantitative estimate of drug-likeness (QED) is 0.168. The molecule has 12 heteroatoms. The van der Waals surface area contributed by atoms with Crippen LogP contribution in [0.5, 0.6) is 0 Å². The topological polar surface area (TPSA) is 131 Å². The third-order valence-corrected chi connectivity index (χ3v) is 4.87. The molecule has 1 atom stereocenters. The van der Waals surface area contributed by atoms with Crippen molar-refractivity contribution in [2.24, 2.45) is 10.3 Å². The van der Waals surface area contributed by atoms with E-state index in [9.17, 15) is 4.79 Å². The summed E-state index contributed by atoms with van der Waals surface area (Å²) in [5, 5.41) is 12.9. The van der Waals surface area contributed by atoms with E-state index in [0.717, 1.165) is 5.56 Å². The van der Waals surface area contributed by atoms with E-state index in [-0.39, 0.29) is 14.6 Å². The predicted octanol–water partition coefficient (Wildman–Crippen LogP) is 1.87. The number of amidine groups is 1. The number of hydrazine groups is 2. The Labute approximate surface area is 205 Å². The zero-order chi connectivity index (χ0) is 25.1.